The van der Waals surface area contributed by atoms with Crippen molar-refractivity contribution in [1.82, 2.24) is 0 Å². The Balaban J connectivity index is 3.09. The highest BCUT2D eigenvalue weighted by molar-refractivity contribution is 9.10. The Labute approximate surface area is 154 Å². The van der Waals surface area contributed by atoms with Crippen molar-refractivity contribution < 1.29 is 23.9 Å². The van der Waals surface area contributed by atoms with Crippen LogP contribution in [-0.4, -0.2) is 50.1 Å². The van der Waals surface area contributed by atoms with E-state index in [1.807, 2.05) is 26.0 Å². The molecule has 0 fully saturated rings. The summed E-state index contributed by atoms with van der Waals surface area (Å²) in [6.45, 7) is 3.43. The lowest BCUT2D eigenvalue weighted by atomic mass is 10.1. The van der Waals surface area contributed by atoms with Gasteiger partial charge in [-0.1, -0.05) is 33.8 Å². The Bertz CT molecular complexity index is 635. The molecular weight excluding hydrogens is 398 g/mol. The predicted octanol–water partition coefficient (Wildman–Crippen LogP) is 2.48. The number of nitrogens with zero attached hydrogens (tertiary/aromatic N) is 1. The zero-order valence-corrected chi connectivity index (χ0v) is 16.5. The second-order valence-electron chi connectivity index (χ2n) is 4.99. The first-order chi connectivity index (χ1) is 11.3. The van der Waals surface area contributed by atoms with E-state index in [0.29, 0.717) is 5.69 Å². The zero-order valence-electron chi connectivity index (χ0n) is 14.1. The molecule has 1 amide bonds. The molecule has 0 saturated carbocycles. The van der Waals surface area contributed by atoms with Crippen LogP contribution in [0, 0.1) is 13.8 Å². The number of esters is 1. The lowest BCUT2D eigenvalue weighted by molar-refractivity contribution is -0.139. The molecule has 6 nitrogen and oxygen atoms in total. The summed E-state index contributed by atoms with van der Waals surface area (Å²) in [5, 5.41) is -0.244. The van der Waals surface area contributed by atoms with Crippen molar-refractivity contribution in [2.75, 3.05) is 38.0 Å². The fraction of sp³-hybridized carbons (Fsp3) is 0.438. The van der Waals surface area contributed by atoms with Gasteiger partial charge in [0.15, 0.2) is 0 Å². The molecule has 0 spiro atoms. The average molecular weight is 418 g/mol. The fourth-order valence-corrected chi connectivity index (χ4v) is 3.05. The molecule has 0 radical (unpaired) electrons. The number of methoxy groups -OCH3 is 2. The summed E-state index contributed by atoms with van der Waals surface area (Å²) in [6, 6.07) is 3.74. The van der Waals surface area contributed by atoms with E-state index in [9.17, 15) is 14.4 Å². The summed E-state index contributed by atoms with van der Waals surface area (Å²) < 4.78 is 10.3. The maximum Gasteiger partial charge on any atom is 0.325 e. The molecule has 8 heteroatoms. The summed E-state index contributed by atoms with van der Waals surface area (Å²) in [4.78, 5) is 37.2. The summed E-state index contributed by atoms with van der Waals surface area (Å²) in [7, 11) is 2.68. The topological polar surface area (TPSA) is 72.9 Å². The number of ether oxygens (including phenoxy) is 2. The number of aryl methyl sites for hydroxylation is 1. The Morgan fingerprint density at radius 1 is 1.21 bits per heavy atom. The number of anilines is 1. The van der Waals surface area contributed by atoms with E-state index in [1.165, 1.54) is 19.1 Å². The standard InChI is InChI=1S/C16H20BrNO5S/c1-10-5-6-12(17)11(2)16(10)18(7-14(20)23-4)13(19)9-24-15(21)8-22-3/h5-6H,7-9H2,1-4H3. The summed E-state index contributed by atoms with van der Waals surface area (Å²) in [5.74, 6) is -0.959. The molecule has 0 aromatic heterocycles. The van der Waals surface area contributed by atoms with Crippen LogP contribution in [0.15, 0.2) is 16.6 Å². The summed E-state index contributed by atoms with van der Waals surface area (Å²) in [5.41, 5.74) is 2.32. The highest BCUT2D eigenvalue weighted by Crippen LogP contribution is 2.31. The smallest absolute Gasteiger partial charge is 0.325 e. The third kappa shape index (κ3) is 5.61. The molecule has 0 heterocycles. The number of carbonyl (C=O) groups is 3. The normalized spacial score (nSPS) is 10.4. The monoisotopic (exact) mass is 417 g/mol. The molecule has 0 atom stereocenters. The minimum atomic E-state index is -0.532. The summed E-state index contributed by atoms with van der Waals surface area (Å²) >= 11 is 4.30. The largest absolute Gasteiger partial charge is 0.468 e. The molecule has 1 rings (SSSR count). The van der Waals surface area contributed by atoms with Crippen molar-refractivity contribution >= 4 is 50.4 Å². The van der Waals surface area contributed by atoms with Crippen molar-refractivity contribution in [1.29, 1.82) is 0 Å². The van der Waals surface area contributed by atoms with Crippen LogP contribution in [0.3, 0.4) is 0 Å². The van der Waals surface area contributed by atoms with Gasteiger partial charge >= 0.3 is 5.97 Å². The van der Waals surface area contributed by atoms with E-state index in [-0.39, 0.29) is 29.9 Å². The van der Waals surface area contributed by atoms with Gasteiger partial charge in [0.1, 0.15) is 13.2 Å². The first-order valence-corrected chi connectivity index (χ1v) is 8.87. The van der Waals surface area contributed by atoms with E-state index < -0.39 is 5.97 Å². The molecule has 0 N–H and O–H groups in total. The van der Waals surface area contributed by atoms with Crippen molar-refractivity contribution in [3.63, 3.8) is 0 Å². The Hall–Kier alpha value is -1.38. The van der Waals surface area contributed by atoms with Crippen LogP contribution in [0.4, 0.5) is 5.69 Å². The molecule has 1 aromatic rings. The maximum absolute atomic E-state index is 12.6. The minimum absolute atomic E-state index is 0.0656. The van der Waals surface area contributed by atoms with Gasteiger partial charge < -0.3 is 9.47 Å². The Kier molecular flexibility index (Phi) is 8.44. The van der Waals surface area contributed by atoms with Gasteiger partial charge in [-0.05, 0) is 31.0 Å². The third-order valence-corrected chi connectivity index (χ3v) is 4.96. The lowest BCUT2D eigenvalue weighted by Gasteiger charge is -2.25. The van der Waals surface area contributed by atoms with Crippen molar-refractivity contribution in [3.05, 3.63) is 27.7 Å². The Morgan fingerprint density at radius 3 is 2.46 bits per heavy atom. The molecule has 24 heavy (non-hydrogen) atoms. The molecule has 0 aliphatic rings. The van der Waals surface area contributed by atoms with E-state index in [1.54, 1.807) is 0 Å². The van der Waals surface area contributed by atoms with Crippen LogP contribution in [0.25, 0.3) is 0 Å². The van der Waals surface area contributed by atoms with Gasteiger partial charge in [0, 0.05) is 11.6 Å². The minimum Gasteiger partial charge on any atom is -0.468 e. The first kappa shape index (κ1) is 20.7. The number of carbonyl (C=O) groups excluding carboxylic acids is 3. The highest BCUT2D eigenvalue weighted by Gasteiger charge is 2.24. The van der Waals surface area contributed by atoms with E-state index in [4.69, 9.17) is 4.74 Å². The average Bonchev–Trinajstić information content (AvgIpc) is 2.55. The lowest BCUT2D eigenvalue weighted by Crippen LogP contribution is -2.38. The second-order valence-corrected chi connectivity index (χ2v) is 6.87. The van der Waals surface area contributed by atoms with Gasteiger partial charge in [0.25, 0.3) is 0 Å². The fourth-order valence-electron chi connectivity index (χ4n) is 2.09. The molecule has 0 unspecified atom stereocenters. The van der Waals surface area contributed by atoms with Gasteiger partial charge in [-0.2, -0.15) is 0 Å². The van der Waals surface area contributed by atoms with E-state index >= 15 is 0 Å². The van der Waals surface area contributed by atoms with Gasteiger partial charge in [-0.3, -0.25) is 19.3 Å². The van der Waals surface area contributed by atoms with Gasteiger partial charge in [-0.25, -0.2) is 0 Å². The number of halogens is 1. The number of hydrogen-bond donors (Lipinski definition) is 0. The molecular formula is C16H20BrNO5S. The van der Waals surface area contributed by atoms with E-state index in [0.717, 1.165) is 27.4 Å². The van der Waals surface area contributed by atoms with Crippen molar-refractivity contribution in [2.24, 2.45) is 0 Å². The maximum atomic E-state index is 12.6. The van der Waals surface area contributed by atoms with Crippen LogP contribution in [0.1, 0.15) is 11.1 Å². The number of amides is 1. The Morgan fingerprint density at radius 2 is 1.88 bits per heavy atom. The first-order valence-electron chi connectivity index (χ1n) is 7.09. The second kappa shape index (κ2) is 9.80. The number of thioether (sulfide) groups is 1. The van der Waals surface area contributed by atoms with Crippen LogP contribution >= 0.6 is 27.7 Å². The summed E-state index contributed by atoms with van der Waals surface area (Å²) in [6.07, 6.45) is 0. The van der Waals surface area contributed by atoms with Crippen LogP contribution < -0.4 is 4.90 Å². The van der Waals surface area contributed by atoms with Gasteiger partial charge in [0.2, 0.25) is 11.0 Å². The molecule has 0 bridgehead atoms. The van der Waals surface area contributed by atoms with Gasteiger partial charge in [-0.15, -0.1) is 0 Å². The molecule has 1 aromatic carbocycles. The predicted molar refractivity (Wildman–Crippen MR) is 97.3 cm³/mol. The molecule has 132 valence electrons. The molecule has 0 aliphatic heterocycles. The number of rotatable bonds is 7. The number of hydrogen-bond acceptors (Lipinski definition) is 6. The van der Waals surface area contributed by atoms with Crippen molar-refractivity contribution in [3.8, 4) is 0 Å². The van der Waals surface area contributed by atoms with E-state index in [2.05, 4.69) is 20.7 Å². The molecule has 0 aliphatic carbocycles. The van der Waals surface area contributed by atoms with Crippen molar-refractivity contribution in [2.45, 2.75) is 13.8 Å². The quantitative estimate of drug-likeness (QED) is 0.634. The van der Waals surface area contributed by atoms with Crippen LogP contribution in [-0.2, 0) is 23.9 Å². The highest BCUT2D eigenvalue weighted by atomic mass is 79.9. The molecule has 0 saturated heterocycles. The SMILES string of the molecule is COCC(=O)SCC(=O)N(CC(=O)OC)c1c(C)ccc(Br)c1C. The van der Waals surface area contributed by atoms with Gasteiger partial charge in [0.05, 0.1) is 18.6 Å². The number of benzene rings is 1. The van der Waals surface area contributed by atoms with Crippen LogP contribution in [0.2, 0.25) is 0 Å². The van der Waals surface area contributed by atoms with Crippen LogP contribution in [0.5, 0.6) is 0 Å². The third-order valence-electron chi connectivity index (χ3n) is 3.27. The zero-order chi connectivity index (χ0) is 18.3.